The van der Waals surface area contributed by atoms with Crippen molar-refractivity contribution < 1.29 is 14.3 Å². The summed E-state index contributed by atoms with van der Waals surface area (Å²) >= 11 is 0. The van der Waals surface area contributed by atoms with Crippen molar-refractivity contribution in [2.75, 3.05) is 39.2 Å². The van der Waals surface area contributed by atoms with Crippen LogP contribution >= 0.6 is 0 Å². The van der Waals surface area contributed by atoms with Crippen LogP contribution in [0.25, 0.3) is 0 Å². The zero-order chi connectivity index (χ0) is 23.1. The van der Waals surface area contributed by atoms with Crippen LogP contribution in [0.3, 0.4) is 0 Å². The maximum Gasteiger partial charge on any atom is 0.225 e. The molecule has 1 unspecified atom stereocenters. The second-order valence-electron chi connectivity index (χ2n) is 8.57. The number of methoxy groups -OCH3 is 2. The molecule has 0 bridgehead atoms. The summed E-state index contributed by atoms with van der Waals surface area (Å²) in [5, 5.41) is 9.70. The first-order chi connectivity index (χ1) is 15.4. The van der Waals surface area contributed by atoms with Crippen molar-refractivity contribution >= 4 is 17.6 Å². The number of carbonyl (C=O) groups is 1. The highest BCUT2D eigenvalue weighted by molar-refractivity contribution is 5.94. The molecule has 0 aromatic heterocycles. The first-order valence-electron chi connectivity index (χ1n) is 11.0. The molecule has 1 heterocycles. The van der Waals surface area contributed by atoms with Crippen molar-refractivity contribution in [3.63, 3.8) is 0 Å². The number of para-hydroxylation sites is 1. The molecule has 1 aliphatic rings. The van der Waals surface area contributed by atoms with Gasteiger partial charge in [-0.2, -0.15) is 0 Å². The van der Waals surface area contributed by atoms with E-state index in [1.54, 1.807) is 14.2 Å². The Bertz CT molecular complexity index is 971. The smallest absolute Gasteiger partial charge is 0.225 e. The van der Waals surface area contributed by atoms with E-state index in [2.05, 4.69) is 41.9 Å². The van der Waals surface area contributed by atoms with E-state index < -0.39 is 0 Å². The first-order valence-corrected chi connectivity index (χ1v) is 11.0. The molecule has 32 heavy (non-hydrogen) atoms. The molecule has 0 saturated heterocycles. The summed E-state index contributed by atoms with van der Waals surface area (Å²) in [6.45, 7) is 8.32. The van der Waals surface area contributed by atoms with Gasteiger partial charge in [-0.05, 0) is 36.2 Å². The van der Waals surface area contributed by atoms with Gasteiger partial charge in [-0.3, -0.25) is 9.79 Å². The van der Waals surface area contributed by atoms with E-state index in [1.165, 1.54) is 0 Å². The Morgan fingerprint density at radius 3 is 2.59 bits per heavy atom. The normalized spacial score (nSPS) is 16.1. The molecule has 1 amide bonds. The molecule has 0 fully saturated rings. The SMILES string of the molecule is CCNC(=NCC(C)(C)c1ccc(OC)c(OC)c1)NCC1CC(=O)Nc2ccccc21. The van der Waals surface area contributed by atoms with Gasteiger partial charge in [0.2, 0.25) is 5.91 Å². The minimum atomic E-state index is -0.209. The Morgan fingerprint density at radius 2 is 1.88 bits per heavy atom. The summed E-state index contributed by atoms with van der Waals surface area (Å²) in [5.74, 6) is 2.31. The highest BCUT2D eigenvalue weighted by Gasteiger charge is 2.25. The number of benzene rings is 2. The number of carbonyl (C=O) groups excluding carboxylic acids is 1. The average Bonchev–Trinajstić information content (AvgIpc) is 2.80. The van der Waals surface area contributed by atoms with Gasteiger partial charge in [-0.15, -0.1) is 0 Å². The topological polar surface area (TPSA) is 84.0 Å². The fourth-order valence-electron chi connectivity index (χ4n) is 3.87. The van der Waals surface area contributed by atoms with Crippen molar-refractivity contribution in [3.8, 4) is 11.5 Å². The number of fused-ring (bicyclic) bond motifs is 1. The van der Waals surface area contributed by atoms with Gasteiger partial charge in [-0.25, -0.2) is 0 Å². The maximum atomic E-state index is 12.1. The Kier molecular flexibility index (Phi) is 7.62. The third-order valence-corrected chi connectivity index (χ3v) is 5.76. The van der Waals surface area contributed by atoms with Gasteiger partial charge < -0.3 is 25.4 Å². The zero-order valence-corrected chi connectivity index (χ0v) is 19.6. The highest BCUT2D eigenvalue weighted by atomic mass is 16.5. The Balaban J connectivity index is 1.72. The number of ether oxygens (including phenoxy) is 2. The highest BCUT2D eigenvalue weighted by Crippen LogP contribution is 2.34. The van der Waals surface area contributed by atoms with E-state index in [0.717, 1.165) is 29.3 Å². The molecule has 0 radical (unpaired) electrons. The van der Waals surface area contributed by atoms with Crippen LogP contribution < -0.4 is 25.4 Å². The van der Waals surface area contributed by atoms with Crippen LogP contribution in [0.15, 0.2) is 47.5 Å². The van der Waals surface area contributed by atoms with Gasteiger partial charge in [0.15, 0.2) is 17.5 Å². The summed E-state index contributed by atoms with van der Waals surface area (Å²) in [5.41, 5.74) is 2.96. The van der Waals surface area contributed by atoms with E-state index >= 15 is 0 Å². The number of guanidine groups is 1. The van der Waals surface area contributed by atoms with Crippen molar-refractivity contribution in [1.82, 2.24) is 10.6 Å². The van der Waals surface area contributed by atoms with Crippen molar-refractivity contribution in [2.45, 2.75) is 38.5 Å². The van der Waals surface area contributed by atoms with Crippen LogP contribution in [0.1, 0.15) is 44.2 Å². The Hall–Kier alpha value is -3.22. The quantitative estimate of drug-likeness (QED) is 0.433. The number of rotatable bonds is 8. The lowest BCUT2D eigenvalue weighted by Crippen LogP contribution is -2.41. The lowest BCUT2D eigenvalue weighted by Gasteiger charge is -2.27. The first kappa shape index (κ1) is 23.4. The maximum absolute atomic E-state index is 12.1. The van der Waals surface area contributed by atoms with Gasteiger partial charge in [0.1, 0.15) is 0 Å². The van der Waals surface area contributed by atoms with Crippen LogP contribution in [-0.2, 0) is 10.2 Å². The third kappa shape index (κ3) is 5.52. The van der Waals surface area contributed by atoms with E-state index in [9.17, 15) is 4.79 Å². The Morgan fingerprint density at radius 1 is 1.12 bits per heavy atom. The molecule has 3 rings (SSSR count). The summed E-state index contributed by atoms with van der Waals surface area (Å²) in [4.78, 5) is 17.0. The lowest BCUT2D eigenvalue weighted by molar-refractivity contribution is -0.116. The fraction of sp³-hybridized carbons (Fsp3) is 0.440. The van der Waals surface area contributed by atoms with Crippen LogP contribution in [0.2, 0.25) is 0 Å². The molecular weight excluding hydrogens is 404 g/mol. The van der Waals surface area contributed by atoms with Crippen LogP contribution in [0.4, 0.5) is 5.69 Å². The van der Waals surface area contributed by atoms with Crippen molar-refractivity contribution in [1.29, 1.82) is 0 Å². The zero-order valence-electron chi connectivity index (χ0n) is 19.6. The average molecular weight is 439 g/mol. The molecule has 1 aliphatic heterocycles. The van der Waals surface area contributed by atoms with E-state index in [-0.39, 0.29) is 17.2 Å². The Labute approximate surface area is 190 Å². The van der Waals surface area contributed by atoms with Gasteiger partial charge >= 0.3 is 0 Å². The molecule has 7 heteroatoms. The second kappa shape index (κ2) is 10.4. The number of hydrogen-bond acceptors (Lipinski definition) is 4. The molecule has 0 saturated carbocycles. The second-order valence-corrected chi connectivity index (χ2v) is 8.57. The number of nitrogens with zero attached hydrogens (tertiary/aromatic N) is 1. The fourth-order valence-corrected chi connectivity index (χ4v) is 3.87. The van der Waals surface area contributed by atoms with Gasteiger partial charge in [0, 0.05) is 36.5 Å². The minimum absolute atomic E-state index is 0.0482. The summed E-state index contributed by atoms with van der Waals surface area (Å²) in [6.07, 6.45) is 0.459. The molecule has 0 spiro atoms. The summed E-state index contributed by atoms with van der Waals surface area (Å²) in [7, 11) is 3.28. The van der Waals surface area contributed by atoms with Crippen molar-refractivity contribution in [2.24, 2.45) is 4.99 Å². The number of nitrogens with one attached hydrogen (secondary N) is 3. The molecule has 7 nitrogen and oxygen atoms in total. The third-order valence-electron chi connectivity index (χ3n) is 5.76. The monoisotopic (exact) mass is 438 g/mol. The van der Waals surface area contributed by atoms with Gasteiger partial charge in [0.05, 0.1) is 20.8 Å². The predicted molar refractivity (Wildman–Crippen MR) is 129 cm³/mol. The lowest BCUT2D eigenvalue weighted by atomic mass is 9.84. The van der Waals surface area contributed by atoms with Crippen LogP contribution in [-0.4, -0.2) is 45.7 Å². The number of anilines is 1. The van der Waals surface area contributed by atoms with Crippen LogP contribution in [0.5, 0.6) is 11.5 Å². The van der Waals surface area contributed by atoms with E-state index in [0.29, 0.717) is 31.0 Å². The van der Waals surface area contributed by atoms with Gasteiger partial charge in [0.25, 0.3) is 0 Å². The standard InChI is InChI=1S/C25H34N4O3/c1-6-26-24(27-15-17-13-23(30)29-20-10-8-7-9-19(17)20)28-16-25(2,3)18-11-12-21(31-4)22(14-18)32-5/h7-12,14,17H,6,13,15-16H2,1-5H3,(H,29,30)(H2,26,27,28). The molecule has 2 aromatic carbocycles. The predicted octanol–water partition coefficient (Wildman–Crippen LogP) is 3.66. The molecular formula is C25H34N4O3. The molecule has 0 aliphatic carbocycles. The van der Waals surface area contributed by atoms with E-state index in [4.69, 9.17) is 14.5 Å². The molecule has 3 N–H and O–H groups in total. The number of hydrogen-bond donors (Lipinski definition) is 3. The molecule has 172 valence electrons. The number of amides is 1. The van der Waals surface area contributed by atoms with E-state index in [1.807, 2.05) is 37.3 Å². The van der Waals surface area contributed by atoms with Gasteiger partial charge in [-0.1, -0.05) is 38.1 Å². The van der Waals surface area contributed by atoms with Crippen LogP contribution in [0, 0.1) is 0 Å². The largest absolute Gasteiger partial charge is 0.493 e. The molecule has 1 atom stereocenters. The summed E-state index contributed by atoms with van der Waals surface area (Å²) < 4.78 is 10.8. The number of aliphatic imine (C=N–C) groups is 1. The van der Waals surface area contributed by atoms with Crippen molar-refractivity contribution in [3.05, 3.63) is 53.6 Å². The molecule has 2 aromatic rings. The summed E-state index contributed by atoms with van der Waals surface area (Å²) in [6, 6.07) is 14.0. The minimum Gasteiger partial charge on any atom is -0.493 e.